The summed E-state index contributed by atoms with van der Waals surface area (Å²) < 4.78 is 9.61. The molecule has 0 bridgehead atoms. The third-order valence-electron chi connectivity index (χ3n) is 1.90. The molecule has 0 saturated heterocycles. The van der Waals surface area contributed by atoms with E-state index in [-0.39, 0.29) is 16.6 Å². The number of nitrogens with two attached hydrogens (primary N) is 1. The molecule has 1 aromatic heterocycles. The fraction of sp³-hybridized carbons (Fsp3) is 0.111. The van der Waals surface area contributed by atoms with Crippen molar-refractivity contribution in [1.29, 1.82) is 0 Å². The van der Waals surface area contributed by atoms with Crippen molar-refractivity contribution in [2.45, 2.75) is 0 Å². The lowest BCUT2D eigenvalue weighted by molar-refractivity contribution is 0.0601. The van der Waals surface area contributed by atoms with E-state index in [9.17, 15) is 4.79 Å². The second-order valence-electron chi connectivity index (χ2n) is 2.84. The van der Waals surface area contributed by atoms with Crippen LogP contribution in [0.4, 0.5) is 6.01 Å². The van der Waals surface area contributed by atoms with E-state index in [1.54, 1.807) is 0 Å². The smallest absolute Gasteiger partial charge is 0.339 e. The molecule has 0 aliphatic rings. The molecular formula is C9H7ClN2O3. The van der Waals surface area contributed by atoms with E-state index in [0.717, 1.165) is 0 Å². The van der Waals surface area contributed by atoms with Gasteiger partial charge in [-0.2, -0.15) is 4.98 Å². The molecule has 0 amide bonds. The lowest BCUT2D eigenvalue weighted by Gasteiger charge is -2.00. The van der Waals surface area contributed by atoms with E-state index in [4.69, 9.17) is 21.8 Å². The summed E-state index contributed by atoms with van der Waals surface area (Å²) in [5, 5.41) is 0.241. The van der Waals surface area contributed by atoms with Crippen molar-refractivity contribution in [3.63, 3.8) is 0 Å². The Labute approximate surface area is 89.8 Å². The minimum Gasteiger partial charge on any atom is -0.465 e. The van der Waals surface area contributed by atoms with Gasteiger partial charge in [0.15, 0.2) is 5.58 Å². The van der Waals surface area contributed by atoms with E-state index < -0.39 is 5.97 Å². The molecule has 0 unspecified atom stereocenters. The molecule has 1 aromatic carbocycles. The number of nitrogen functional groups attached to an aromatic ring is 1. The van der Waals surface area contributed by atoms with Crippen LogP contribution in [0, 0.1) is 0 Å². The molecule has 6 heteroatoms. The highest BCUT2D eigenvalue weighted by Crippen LogP contribution is 2.25. The number of hydrogen-bond acceptors (Lipinski definition) is 5. The van der Waals surface area contributed by atoms with E-state index in [1.807, 2.05) is 0 Å². The topological polar surface area (TPSA) is 78.3 Å². The normalized spacial score (nSPS) is 10.5. The summed E-state index contributed by atoms with van der Waals surface area (Å²) in [4.78, 5) is 15.2. The van der Waals surface area contributed by atoms with Gasteiger partial charge < -0.3 is 14.9 Å². The summed E-state index contributed by atoms with van der Waals surface area (Å²) >= 11 is 5.86. The average Bonchev–Trinajstić information content (AvgIpc) is 2.55. The fourth-order valence-electron chi connectivity index (χ4n) is 1.23. The van der Waals surface area contributed by atoms with E-state index in [2.05, 4.69) is 9.72 Å². The van der Waals surface area contributed by atoms with Crippen molar-refractivity contribution < 1.29 is 13.9 Å². The number of halogens is 1. The predicted molar refractivity (Wildman–Crippen MR) is 54.8 cm³/mol. The van der Waals surface area contributed by atoms with Gasteiger partial charge in [0.2, 0.25) is 0 Å². The molecule has 0 aliphatic carbocycles. The van der Waals surface area contributed by atoms with Crippen LogP contribution in [0.1, 0.15) is 10.4 Å². The van der Waals surface area contributed by atoms with Gasteiger partial charge in [-0.05, 0) is 6.07 Å². The van der Waals surface area contributed by atoms with Crippen LogP contribution < -0.4 is 5.73 Å². The van der Waals surface area contributed by atoms with Crippen molar-refractivity contribution in [3.8, 4) is 0 Å². The average molecular weight is 227 g/mol. The number of fused-ring (bicyclic) bond motifs is 1. The maximum atomic E-state index is 11.3. The highest BCUT2D eigenvalue weighted by molar-refractivity contribution is 6.34. The predicted octanol–water partition coefficient (Wildman–Crippen LogP) is 1.85. The van der Waals surface area contributed by atoms with Gasteiger partial charge in [0.25, 0.3) is 6.01 Å². The number of esters is 1. The molecule has 0 saturated carbocycles. The lowest BCUT2D eigenvalue weighted by atomic mass is 10.2. The Kier molecular flexibility index (Phi) is 2.24. The number of anilines is 1. The molecular weight excluding hydrogens is 220 g/mol. The van der Waals surface area contributed by atoms with Crippen LogP contribution in [0.15, 0.2) is 16.5 Å². The van der Waals surface area contributed by atoms with Crippen LogP contribution in [0.3, 0.4) is 0 Å². The first-order valence-electron chi connectivity index (χ1n) is 4.05. The Hall–Kier alpha value is -1.75. The Balaban J connectivity index is 2.66. The standard InChI is InChI=1S/C9H7ClN2O3/c1-14-8(13)4-2-6-7(3-5(4)10)15-9(11)12-6/h2-3H,1H3,(H2,11,12). The first kappa shape index (κ1) is 9.79. The summed E-state index contributed by atoms with van der Waals surface area (Å²) in [5.41, 5.74) is 6.50. The summed E-state index contributed by atoms with van der Waals surface area (Å²) in [6.45, 7) is 0. The minimum absolute atomic E-state index is 0.0306. The minimum atomic E-state index is -0.525. The van der Waals surface area contributed by atoms with Crippen LogP contribution in [0.25, 0.3) is 11.1 Å². The Morgan fingerprint density at radius 1 is 1.60 bits per heavy atom. The maximum Gasteiger partial charge on any atom is 0.339 e. The Morgan fingerprint density at radius 3 is 3.00 bits per heavy atom. The van der Waals surface area contributed by atoms with Gasteiger partial charge in [-0.1, -0.05) is 11.6 Å². The summed E-state index contributed by atoms with van der Waals surface area (Å²) in [6.07, 6.45) is 0. The number of oxazole rings is 1. The number of benzene rings is 1. The largest absolute Gasteiger partial charge is 0.465 e. The molecule has 2 aromatic rings. The summed E-state index contributed by atoms with van der Waals surface area (Å²) in [7, 11) is 1.28. The number of rotatable bonds is 1. The number of aromatic nitrogens is 1. The van der Waals surface area contributed by atoms with Crippen LogP contribution in [0.2, 0.25) is 5.02 Å². The van der Waals surface area contributed by atoms with Gasteiger partial charge in [-0.25, -0.2) is 4.79 Å². The second-order valence-corrected chi connectivity index (χ2v) is 3.25. The molecule has 78 valence electrons. The van der Waals surface area contributed by atoms with Gasteiger partial charge in [-0.15, -0.1) is 0 Å². The highest BCUT2D eigenvalue weighted by Gasteiger charge is 2.14. The van der Waals surface area contributed by atoms with Gasteiger partial charge in [0, 0.05) is 6.07 Å². The van der Waals surface area contributed by atoms with Crippen molar-refractivity contribution in [2.75, 3.05) is 12.8 Å². The molecule has 2 rings (SSSR count). The summed E-state index contributed by atoms with van der Waals surface area (Å²) in [5.74, 6) is -0.525. The highest BCUT2D eigenvalue weighted by atomic mass is 35.5. The molecule has 0 atom stereocenters. The zero-order valence-corrected chi connectivity index (χ0v) is 8.54. The zero-order valence-electron chi connectivity index (χ0n) is 7.78. The molecule has 0 radical (unpaired) electrons. The van der Waals surface area contributed by atoms with E-state index in [0.29, 0.717) is 11.1 Å². The third kappa shape index (κ3) is 1.61. The number of hydrogen-bond donors (Lipinski definition) is 1. The SMILES string of the molecule is COC(=O)c1cc2nc(N)oc2cc1Cl. The molecule has 0 fully saturated rings. The van der Waals surface area contributed by atoms with Crippen molar-refractivity contribution in [3.05, 3.63) is 22.7 Å². The second kappa shape index (κ2) is 3.43. The zero-order chi connectivity index (χ0) is 11.0. The molecule has 1 heterocycles. The monoisotopic (exact) mass is 226 g/mol. The quantitative estimate of drug-likeness (QED) is 0.751. The van der Waals surface area contributed by atoms with Crippen LogP contribution in [-0.4, -0.2) is 18.1 Å². The van der Waals surface area contributed by atoms with E-state index in [1.165, 1.54) is 19.2 Å². The fourth-order valence-corrected chi connectivity index (χ4v) is 1.46. The Bertz CT molecular complexity index is 535. The van der Waals surface area contributed by atoms with Crippen molar-refractivity contribution >= 4 is 34.7 Å². The maximum absolute atomic E-state index is 11.3. The Morgan fingerprint density at radius 2 is 2.33 bits per heavy atom. The van der Waals surface area contributed by atoms with E-state index >= 15 is 0 Å². The number of carbonyl (C=O) groups is 1. The number of methoxy groups -OCH3 is 1. The molecule has 5 nitrogen and oxygen atoms in total. The van der Waals surface area contributed by atoms with Crippen LogP contribution in [-0.2, 0) is 4.74 Å². The van der Waals surface area contributed by atoms with Crippen molar-refractivity contribution in [1.82, 2.24) is 4.98 Å². The molecule has 2 N–H and O–H groups in total. The summed E-state index contributed by atoms with van der Waals surface area (Å²) in [6, 6.07) is 2.98. The van der Waals surface area contributed by atoms with Gasteiger partial charge in [0.05, 0.1) is 17.7 Å². The van der Waals surface area contributed by atoms with Gasteiger partial charge in [-0.3, -0.25) is 0 Å². The van der Waals surface area contributed by atoms with Crippen LogP contribution >= 0.6 is 11.6 Å². The molecule has 0 spiro atoms. The first-order valence-corrected chi connectivity index (χ1v) is 4.43. The first-order chi connectivity index (χ1) is 7.11. The number of nitrogens with zero attached hydrogens (tertiary/aromatic N) is 1. The lowest BCUT2D eigenvalue weighted by Crippen LogP contribution is -2.01. The molecule has 15 heavy (non-hydrogen) atoms. The number of ether oxygens (including phenoxy) is 1. The number of carbonyl (C=O) groups excluding carboxylic acids is 1. The third-order valence-corrected chi connectivity index (χ3v) is 2.21. The van der Waals surface area contributed by atoms with Crippen LogP contribution in [0.5, 0.6) is 0 Å². The van der Waals surface area contributed by atoms with Gasteiger partial charge in [0.1, 0.15) is 5.52 Å². The van der Waals surface area contributed by atoms with Crippen molar-refractivity contribution in [2.24, 2.45) is 0 Å². The molecule has 0 aliphatic heterocycles. The van der Waals surface area contributed by atoms with Gasteiger partial charge >= 0.3 is 5.97 Å².